The fourth-order valence-electron chi connectivity index (χ4n) is 2.18. The molecule has 0 saturated carbocycles. The molecule has 0 radical (unpaired) electrons. The van der Waals surface area contributed by atoms with E-state index in [2.05, 4.69) is 20.7 Å². The minimum absolute atomic E-state index is 0.0463. The summed E-state index contributed by atoms with van der Waals surface area (Å²) in [5, 5.41) is 10.0. The van der Waals surface area contributed by atoms with E-state index >= 15 is 0 Å². The first-order valence-corrected chi connectivity index (χ1v) is 6.39. The van der Waals surface area contributed by atoms with Crippen LogP contribution in [0.25, 0.3) is 0 Å². The Labute approximate surface area is 116 Å². The van der Waals surface area contributed by atoms with Crippen LogP contribution >= 0.6 is 0 Å². The average molecular weight is 273 g/mol. The third kappa shape index (κ3) is 2.23. The topological polar surface area (TPSA) is 81.1 Å². The number of carbonyl (C=O) groups excluding carboxylic acids is 1. The van der Waals surface area contributed by atoms with Gasteiger partial charge in [-0.1, -0.05) is 13.0 Å². The van der Waals surface area contributed by atoms with E-state index in [0.717, 1.165) is 17.8 Å². The van der Waals surface area contributed by atoms with E-state index in [1.807, 2.05) is 13.0 Å². The molecule has 0 aliphatic carbocycles. The molecule has 1 aromatic heterocycles. The lowest BCUT2D eigenvalue weighted by Crippen LogP contribution is -2.27. The van der Waals surface area contributed by atoms with E-state index in [0.29, 0.717) is 5.75 Å². The molecule has 2 aromatic rings. The van der Waals surface area contributed by atoms with E-state index in [-0.39, 0.29) is 18.0 Å². The van der Waals surface area contributed by atoms with Crippen LogP contribution in [0.3, 0.4) is 0 Å². The Balaban J connectivity index is 1.84. The zero-order chi connectivity index (χ0) is 14.1. The quantitative estimate of drug-likeness (QED) is 0.875. The smallest absolute Gasteiger partial charge is 0.340 e. The number of hydrogen-bond donors (Lipinski definition) is 2. The van der Waals surface area contributed by atoms with Crippen LogP contribution in [0.4, 0.5) is 5.69 Å². The highest BCUT2D eigenvalue weighted by atomic mass is 16.5. The predicted molar refractivity (Wildman–Crippen MR) is 72.6 cm³/mol. The number of hydrogen-bond acceptors (Lipinski definition) is 5. The van der Waals surface area contributed by atoms with Crippen LogP contribution < -0.4 is 15.4 Å². The summed E-state index contributed by atoms with van der Waals surface area (Å²) in [5.41, 5.74) is 1.69. The molecule has 7 nitrogen and oxygen atoms in total. The SMILES string of the molecule is CCNC1C(=O)Nc2cc(Oc3ncn(C)n3)ccc21. The Bertz CT molecular complexity index is 652. The van der Waals surface area contributed by atoms with Gasteiger partial charge in [0.25, 0.3) is 0 Å². The van der Waals surface area contributed by atoms with Gasteiger partial charge in [-0.05, 0) is 12.6 Å². The third-order valence-corrected chi connectivity index (χ3v) is 3.05. The van der Waals surface area contributed by atoms with E-state index in [1.165, 1.54) is 0 Å². The molecule has 3 rings (SSSR count). The van der Waals surface area contributed by atoms with Crippen LogP contribution in [0, 0.1) is 0 Å². The number of nitrogens with zero attached hydrogens (tertiary/aromatic N) is 3. The number of aryl methyl sites for hydroxylation is 1. The van der Waals surface area contributed by atoms with Gasteiger partial charge in [0.2, 0.25) is 5.91 Å². The first-order valence-electron chi connectivity index (χ1n) is 6.39. The maximum atomic E-state index is 11.9. The zero-order valence-electron chi connectivity index (χ0n) is 11.3. The molecule has 1 aliphatic heterocycles. The average Bonchev–Trinajstić information content (AvgIpc) is 2.94. The highest BCUT2D eigenvalue weighted by Crippen LogP contribution is 2.34. The number of rotatable bonds is 4. The molecule has 1 aliphatic rings. The van der Waals surface area contributed by atoms with Crippen molar-refractivity contribution in [3.63, 3.8) is 0 Å². The number of likely N-dealkylation sites (N-methyl/N-ethyl adjacent to an activating group) is 1. The molecule has 0 bridgehead atoms. The third-order valence-electron chi connectivity index (χ3n) is 3.05. The number of benzene rings is 1. The summed E-state index contributed by atoms with van der Waals surface area (Å²) in [5.74, 6) is 0.544. The molecule has 7 heteroatoms. The summed E-state index contributed by atoms with van der Waals surface area (Å²) in [6.07, 6.45) is 1.56. The second-order valence-corrected chi connectivity index (χ2v) is 4.53. The molecule has 0 fully saturated rings. The van der Waals surface area contributed by atoms with Crippen molar-refractivity contribution < 1.29 is 9.53 Å². The van der Waals surface area contributed by atoms with Crippen molar-refractivity contribution in [2.75, 3.05) is 11.9 Å². The van der Waals surface area contributed by atoms with Crippen molar-refractivity contribution in [3.05, 3.63) is 30.1 Å². The van der Waals surface area contributed by atoms with Crippen LogP contribution in [-0.2, 0) is 11.8 Å². The van der Waals surface area contributed by atoms with Gasteiger partial charge >= 0.3 is 6.01 Å². The number of nitrogens with one attached hydrogen (secondary N) is 2. The Morgan fingerprint density at radius 1 is 1.50 bits per heavy atom. The Morgan fingerprint density at radius 2 is 2.35 bits per heavy atom. The molecule has 2 N–H and O–H groups in total. The van der Waals surface area contributed by atoms with Crippen molar-refractivity contribution in [1.82, 2.24) is 20.1 Å². The Hall–Kier alpha value is -2.41. The molecule has 1 atom stereocenters. The summed E-state index contributed by atoms with van der Waals surface area (Å²) >= 11 is 0. The lowest BCUT2D eigenvalue weighted by Gasteiger charge is -2.09. The van der Waals surface area contributed by atoms with Crippen molar-refractivity contribution >= 4 is 11.6 Å². The summed E-state index contributed by atoms with van der Waals surface area (Å²) in [4.78, 5) is 15.8. The second kappa shape index (κ2) is 4.93. The highest BCUT2D eigenvalue weighted by molar-refractivity contribution is 6.02. The number of amides is 1. The van der Waals surface area contributed by atoms with Gasteiger partial charge in [-0.15, -0.1) is 5.10 Å². The number of aromatic nitrogens is 3. The predicted octanol–water partition coefficient (Wildman–Crippen LogP) is 1.21. The monoisotopic (exact) mass is 273 g/mol. The van der Waals surface area contributed by atoms with E-state index < -0.39 is 0 Å². The molecule has 0 saturated heterocycles. The van der Waals surface area contributed by atoms with Gasteiger partial charge < -0.3 is 15.4 Å². The zero-order valence-corrected chi connectivity index (χ0v) is 11.3. The standard InChI is InChI=1S/C13H15N5O2/c1-3-14-11-9-5-4-8(6-10(9)16-12(11)19)20-13-15-7-18(2)17-13/h4-7,11,14H,3H2,1-2H3,(H,16,19). The maximum absolute atomic E-state index is 11.9. The summed E-state index contributed by atoms with van der Waals surface area (Å²) < 4.78 is 7.10. The number of carbonyl (C=O) groups is 1. The Kier molecular flexibility index (Phi) is 3.11. The van der Waals surface area contributed by atoms with Crippen LogP contribution in [-0.4, -0.2) is 27.2 Å². The van der Waals surface area contributed by atoms with Gasteiger partial charge in [-0.3, -0.25) is 9.48 Å². The largest absolute Gasteiger partial charge is 0.423 e. The summed E-state index contributed by atoms with van der Waals surface area (Å²) in [6.45, 7) is 2.70. The van der Waals surface area contributed by atoms with Crippen molar-refractivity contribution in [1.29, 1.82) is 0 Å². The van der Waals surface area contributed by atoms with Gasteiger partial charge in [0.15, 0.2) is 0 Å². The van der Waals surface area contributed by atoms with Gasteiger partial charge in [-0.25, -0.2) is 0 Å². The second-order valence-electron chi connectivity index (χ2n) is 4.53. The van der Waals surface area contributed by atoms with Crippen molar-refractivity contribution in [3.8, 4) is 11.8 Å². The summed E-state index contributed by atoms with van der Waals surface area (Å²) in [6, 6.07) is 5.44. The van der Waals surface area contributed by atoms with Gasteiger partial charge in [-0.2, -0.15) is 4.98 Å². The molecule has 1 unspecified atom stereocenters. The lowest BCUT2D eigenvalue weighted by atomic mass is 10.1. The highest BCUT2D eigenvalue weighted by Gasteiger charge is 2.29. The van der Waals surface area contributed by atoms with Crippen LogP contribution in [0.2, 0.25) is 0 Å². The van der Waals surface area contributed by atoms with Gasteiger partial charge in [0.05, 0.1) is 0 Å². The minimum atomic E-state index is -0.294. The lowest BCUT2D eigenvalue weighted by molar-refractivity contribution is -0.117. The molecular formula is C13H15N5O2. The van der Waals surface area contributed by atoms with E-state index in [4.69, 9.17) is 4.74 Å². The first kappa shape index (κ1) is 12.6. The summed E-state index contributed by atoms with van der Waals surface area (Å²) in [7, 11) is 1.77. The van der Waals surface area contributed by atoms with Crippen LogP contribution in [0.5, 0.6) is 11.8 Å². The van der Waals surface area contributed by atoms with Crippen LogP contribution in [0.15, 0.2) is 24.5 Å². The Morgan fingerprint density at radius 3 is 3.05 bits per heavy atom. The fraction of sp³-hybridized carbons (Fsp3) is 0.308. The molecule has 20 heavy (non-hydrogen) atoms. The first-order chi connectivity index (χ1) is 9.67. The van der Waals surface area contributed by atoms with Crippen molar-refractivity contribution in [2.45, 2.75) is 13.0 Å². The van der Waals surface area contributed by atoms with Gasteiger partial charge in [0.1, 0.15) is 18.1 Å². The molecule has 104 valence electrons. The molecule has 1 amide bonds. The van der Waals surface area contributed by atoms with E-state index in [9.17, 15) is 4.79 Å². The van der Waals surface area contributed by atoms with E-state index in [1.54, 1.807) is 30.2 Å². The normalized spacial score (nSPS) is 16.9. The minimum Gasteiger partial charge on any atom is -0.423 e. The number of fused-ring (bicyclic) bond motifs is 1. The molecular weight excluding hydrogens is 258 g/mol. The number of ether oxygens (including phenoxy) is 1. The van der Waals surface area contributed by atoms with Gasteiger partial charge in [0, 0.05) is 24.4 Å². The van der Waals surface area contributed by atoms with Crippen LogP contribution in [0.1, 0.15) is 18.5 Å². The number of anilines is 1. The molecule has 1 aromatic carbocycles. The molecule has 0 spiro atoms. The van der Waals surface area contributed by atoms with Crippen molar-refractivity contribution in [2.24, 2.45) is 7.05 Å². The molecule has 2 heterocycles. The fourth-order valence-corrected chi connectivity index (χ4v) is 2.18. The maximum Gasteiger partial charge on any atom is 0.340 e.